The quantitative estimate of drug-likeness (QED) is 0.115. The molecule has 0 aliphatic carbocycles. The van der Waals surface area contributed by atoms with Crippen molar-refractivity contribution in [1.29, 1.82) is 0 Å². The molecule has 8 aromatic rings. The molecule has 7 aromatic carbocycles. The average molecular weight is 688 g/mol. The molecule has 0 radical (unpaired) electrons. The van der Waals surface area contributed by atoms with E-state index in [1.54, 1.807) is 0 Å². The van der Waals surface area contributed by atoms with Crippen molar-refractivity contribution < 1.29 is 0 Å². The summed E-state index contributed by atoms with van der Waals surface area (Å²) in [6.45, 7) is 13.8. The van der Waals surface area contributed by atoms with Crippen LogP contribution >= 0.6 is 0 Å². The summed E-state index contributed by atoms with van der Waals surface area (Å²) < 4.78 is 2.50. The SMILES string of the molecule is Cc1cccc(C)c1B(c1ccc([Si](c2ccccc2)(c2ccccc2)c2ccc3c(c2)c2ccccc2n3C(C)C)cc1)c1c(C)cccc1C. The zero-order valence-corrected chi connectivity index (χ0v) is 32.2. The van der Waals surface area contributed by atoms with Gasteiger partial charge in [0.2, 0.25) is 6.71 Å². The third-order valence-corrected chi connectivity index (χ3v) is 16.2. The number of fused-ring (bicyclic) bond motifs is 3. The predicted molar refractivity (Wildman–Crippen MR) is 230 cm³/mol. The minimum atomic E-state index is -2.79. The molecule has 0 unspecified atom stereocenters. The summed E-state index contributed by atoms with van der Waals surface area (Å²) in [6.07, 6.45) is 0. The number of benzene rings is 7. The highest BCUT2D eigenvalue weighted by atomic mass is 28.3. The lowest BCUT2D eigenvalue weighted by Crippen LogP contribution is -2.74. The summed E-state index contributed by atoms with van der Waals surface area (Å²) in [6, 6.07) is 62.5. The van der Waals surface area contributed by atoms with Gasteiger partial charge in [-0.1, -0.05) is 190 Å². The molecule has 0 N–H and O–H groups in total. The Morgan fingerprint density at radius 1 is 0.423 bits per heavy atom. The van der Waals surface area contributed by atoms with Gasteiger partial charge in [0.15, 0.2) is 8.07 Å². The highest BCUT2D eigenvalue weighted by molar-refractivity contribution is 7.20. The first-order valence-electron chi connectivity index (χ1n) is 18.7. The second kappa shape index (κ2) is 13.6. The van der Waals surface area contributed by atoms with Gasteiger partial charge in [-0.05, 0) is 74.4 Å². The number of rotatable bonds is 8. The molecule has 0 saturated heterocycles. The molecule has 1 aromatic heterocycles. The second-order valence-corrected chi connectivity index (χ2v) is 18.7. The molecule has 0 amide bonds. The van der Waals surface area contributed by atoms with Crippen LogP contribution in [0.4, 0.5) is 0 Å². The van der Waals surface area contributed by atoms with E-state index in [2.05, 4.69) is 210 Å². The van der Waals surface area contributed by atoms with Crippen LogP contribution in [0.3, 0.4) is 0 Å². The Balaban J connectivity index is 1.41. The molecule has 0 spiro atoms. The van der Waals surface area contributed by atoms with Crippen LogP contribution in [0.2, 0.25) is 0 Å². The third kappa shape index (κ3) is 5.47. The summed E-state index contributed by atoms with van der Waals surface area (Å²) in [4.78, 5) is 0. The molecule has 8 rings (SSSR count). The van der Waals surface area contributed by atoms with Crippen LogP contribution in [0.25, 0.3) is 21.8 Å². The van der Waals surface area contributed by atoms with Crippen LogP contribution in [0.15, 0.2) is 164 Å². The first kappa shape index (κ1) is 33.7. The van der Waals surface area contributed by atoms with Crippen molar-refractivity contribution in [2.75, 3.05) is 0 Å². The Kier molecular flexibility index (Phi) is 8.85. The molecule has 0 fully saturated rings. The van der Waals surface area contributed by atoms with E-state index in [0.29, 0.717) is 6.04 Å². The lowest BCUT2D eigenvalue weighted by atomic mass is 9.34. The molecule has 0 aliphatic rings. The van der Waals surface area contributed by atoms with Crippen LogP contribution in [-0.2, 0) is 0 Å². The van der Waals surface area contributed by atoms with E-state index >= 15 is 0 Å². The van der Waals surface area contributed by atoms with Gasteiger partial charge in [0, 0.05) is 27.8 Å². The molecule has 1 heterocycles. The van der Waals surface area contributed by atoms with E-state index in [-0.39, 0.29) is 6.71 Å². The zero-order chi connectivity index (χ0) is 36.0. The number of hydrogen-bond donors (Lipinski definition) is 0. The first-order valence-corrected chi connectivity index (χ1v) is 20.7. The van der Waals surface area contributed by atoms with Crippen LogP contribution < -0.4 is 37.1 Å². The topological polar surface area (TPSA) is 4.93 Å². The Bertz CT molecular complexity index is 2400. The minimum Gasteiger partial charge on any atom is -0.338 e. The van der Waals surface area contributed by atoms with Gasteiger partial charge in [-0.15, -0.1) is 0 Å². The Hall–Kier alpha value is -5.38. The Morgan fingerprint density at radius 3 is 1.38 bits per heavy atom. The molecular formula is C49H46BNSi. The Morgan fingerprint density at radius 2 is 0.865 bits per heavy atom. The maximum absolute atomic E-state index is 2.79. The van der Waals surface area contributed by atoms with E-state index in [0.717, 1.165) is 0 Å². The van der Waals surface area contributed by atoms with Crippen LogP contribution in [0, 0.1) is 27.7 Å². The fourth-order valence-corrected chi connectivity index (χ4v) is 13.9. The van der Waals surface area contributed by atoms with E-state index in [9.17, 15) is 0 Å². The lowest BCUT2D eigenvalue weighted by molar-refractivity contribution is 0.642. The first-order chi connectivity index (χ1) is 25.3. The third-order valence-electron chi connectivity index (χ3n) is 11.4. The van der Waals surface area contributed by atoms with Crippen molar-refractivity contribution in [3.8, 4) is 0 Å². The van der Waals surface area contributed by atoms with Gasteiger partial charge >= 0.3 is 0 Å². The van der Waals surface area contributed by atoms with E-state index < -0.39 is 8.07 Å². The number of hydrogen-bond acceptors (Lipinski definition) is 0. The maximum Gasteiger partial charge on any atom is 0.242 e. The van der Waals surface area contributed by atoms with Crippen LogP contribution in [0.1, 0.15) is 42.1 Å². The monoisotopic (exact) mass is 687 g/mol. The number of aryl methyl sites for hydroxylation is 4. The van der Waals surface area contributed by atoms with Crippen molar-refractivity contribution in [2.24, 2.45) is 0 Å². The van der Waals surface area contributed by atoms with Crippen molar-refractivity contribution in [3.05, 3.63) is 186 Å². The normalized spacial score (nSPS) is 11.8. The number of para-hydroxylation sites is 1. The summed E-state index contributed by atoms with van der Waals surface area (Å²) in [5.74, 6) is 0. The molecule has 0 atom stereocenters. The molecule has 3 heteroatoms. The van der Waals surface area contributed by atoms with Crippen molar-refractivity contribution in [2.45, 2.75) is 47.6 Å². The maximum atomic E-state index is 2.53. The van der Waals surface area contributed by atoms with Gasteiger partial charge in [0.05, 0.1) is 0 Å². The van der Waals surface area contributed by atoms with E-state index in [4.69, 9.17) is 0 Å². The highest BCUT2D eigenvalue weighted by Crippen LogP contribution is 2.31. The van der Waals surface area contributed by atoms with Gasteiger partial charge in [-0.3, -0.25) is 0 Å². The lowest BCUT2D eigenvalue weighted by Gasteiger charge is -2.35. The summed E-state index contributed by atoms with van der Waals surface area (Å²) in [7, 11) is -2.79. The number of nitrogens with zero attached hydrogens (tertiary/aromatic N) is 1. The Labute approximate surface area is 310 Å². The van der Waals surface area contributed by atoms with Gasteiger partial charge in [0.25, 0.3) is 0 Å². The summed E-state index contributed by atoms with van der Waals surface area (Å²) in [5, 5.41) is 8.22. The summed E-state index contributed by atoms with van der Waals surface area (Å²) in [5.41, 5.74) is 12.1. The molecule has 0 bridgehead atoms. The van der Waals surface area contributed by atoms with Crippen molar-refractivity contribution in [1.82, 2.24) is 4.57 Å². The number of aromatic nitrogens is 1. The van der Waals surface area contributed by atoms with Crippen molar-refractivity contribution in [3.63, 3.8) is 0 Å². The van der Waals surface area contributed by atoms with Crippen LogP contribution in [-0.4, -0.2) is 19.4 Å². The standard InChI is InChI=1S/C49H46BNSi/c1-34(2)51-46-26-14-13-25-44(46)45-33-43(31-32-47(45)51)52(40-21-9-7-10-22-40,41-23-11-8-12-24-41)42-29-27-39(28-30-42)50(48-35(3)17-15-18-36(48)4)49-37(5)19-16-20-38(49)6/h7-34H,1-6H3. The fraction of sp³-hybridized carbons (Fsp3) is 0.143. The molecule has 254 valence electrons. The molecular weight excluding hydrogens is 641 g/mol. The van der Waals surface area contributed by atoms with Crippen LogP contribution in [0.5, 0.6) is 0 Å². The average Bonchev–Trinajstić information content (AvgIpc) is 3.50. The fourth-order valence-electron chi connectivity index (χ4n) is 9.14. The minimum absolute atomic E-state index is 0.138. The van der Waals surface area contributed by atoms with Crippen molar-refractivity contribution >= 4 is 73.7 Å². The summed E-state index contributed by atoms with van der Waals surface area (Å²) >= 11 is 0. The predicted octanol–water partition coefficient (Wildman–Crippen LogP) is 7.50. The van der Waals surface area contributed by atoms with Gasteiger partial charge in [-0.25, -0.2) is 0 Å². The molecule has 1 nitrogen and oxygen atoms in total. The van der Waals surface area contributed by atoms with Gasteiger partial charge in [-0.2, -0.15) is 0 Å². The zero-order valence-electron chi connectivity index (χ0n) is 31.2. The molecule has 0 aliphatic heterocycles. The molecule has 52 heavy (non-hydrogen) atoms. The van der Waals surface area contributed by atoms with Gasteiger partial charge < -0.3 is 4.57 Å². The molecule has 0 saturated carbocycles. The largest absolute Gasteiger partial charge is 0.338 e. The highest BCUT2D eigenvalue weighted by Gasteiger charge is 2.42. The second-order valence-electron chi connectivity index (χ2n) is 14.9. The van der Waals surface area contributed by atoms with Gasteiger partial charge in [0.1, 0.15) is 0 Å². The smallest absolute Gasteiger partial charge is 0.242 e. The van der Waals surface area contributed by atoms with E-state index in [1.807, 2.05) is 0 Å². The van der Waals surface area contributed by atoms with E-state index in [1.165, 1.54) is 81.2 Å².